The van der Waals surface area contributed by atoms with Gasteiger partial charge < -0.3 is 0 Å². The topological polar surface area (TPSA) is 68.8 Å². The van der Waals surface area contributed by atoms with Crippen LogP contribution in [0.15, 0.2) is 35.2 Å². The lowest BCUT2D eigenvalue weighted by Gasteiger charge is -2.13. The smallest absolute Gasteiger partial charge is 0.0915 e. The summed E-state index contributed by atoms with van der Waals surface area (Å²) in [6, 6.07) is 3.74. The molecule has 0 radical (unpaired) electrons. The van der Waals surface area contributed by atoms with E-state index in [4.69, 9.17) is 5.84 Å². The SMILES string of the molecule is Cn1ccc(C(NN)c2cncc(Br)c2)n1. The zero-order chi connectivity index (χ0) is 11.5. The average molecular weight is 282 g/mol. The fraction of sp³-hybridized carbons (Fsp3) is 0.200. The number of hydrogen-bond donors (Lipinski definition) is 2. The van der Waals surface area contributed by atoms with Crippen molar-refractivity contribution in [3.8, 4) is 0 Å². The molecule has 0 amide bonds. The van der Waals surface area contributed by atoms with Gasteiger partial charge in [-0.15, -0.1) is 0 Å². The summed E-state index contributed by atoms with van der Waals surface area (Å²) >= 11 is 3.38. The third-order valence-corrected chi connectivity index (χ3v) is 2.69. The van der Waals surface area contributed by atoms with Crippen molar-refractivity contribution in [2.45, 2.75) is 6.04 Å². The largest absolute Gasteiger partial charge is 0.275 e. The Kier molecular flexibility index (Phi) is 3.33. The van der Waals surface area contributed by atoms with Crippen LogP contribution in [0.2, 0.25) is 0 Å². The summed E-state index contributed by atoms with van der Waals surface area (Å²) in [5.41, 5.74) is 4.57. The Labute approximate surface area is 102 Å². The molecule has 16 heavy (non-hydrogen) atoms. The van der Waals surface area contributed by atoms with Crippen LogP contribution in [-0.4, -0.2) is 14.8 Å². The molecule has 2 rings (SSSR count). The highest BCUT2D eigenvalue weighted by molar-refractivity contribution is 9.10. The van der Waals surface area contributed by atoms with E-state index in [1.807, 2.05) is 25.4 Å². The fourth-order valence-corrected chi connectivity index (χ4v) is 1.91. The van der Waals surface area contributed by atoms with E-state index < -0.39 is 0 Å². The molecule has 0 aromatic carbocycles. The fourth-order valence-electron chi connectivity index (χ4n) is 1.53. The Balaban J connectivity index is 2.36. The van der Waals surface area contributed by atoms with Crippen LogP contribution in [0.5, 0.6) is 0 Å². The third kappa shape index (κ3) is 2.29. The van der Waals surface area contributed by atoms with Crippen molar-refractivity contribution < 1.29 is 0 Å². The minimum Gasteiger partial charge on any atom is -0.275 e. The Morgan fingerprint density at radius 3 is 2.88 bits per heavy atom. The van der Waals surface area contributed by atoms with E-state index in [0.29, 0.717) is 0 Å². The molecule has 1 atom stereocenters. The molecule has 6 heteroatoms. The summed E-state index contributed by atoms with van der Waals surface area (Å²) in [7, 11) is 1.87. The first-order chi connectivity index (χ1) is 7.70. The normalized spacial score (nSPS) is 12.7. The molecule has 1 unspecified atom stereocenters. The number of nitrogens with two attached hydrogens (primary N) is 1. The van der Waals surface area contributed by atoms with Crippen LogP contribution in [-0.2, 0) is 7.05 Å². The lowest BCUT2D eigenvalue weighted by atomic mass is 10.1. The molecule has 0 fully saturated rings. The standard InChI is InChI=1S/C10H12BrN5/c1-16-3-2-9(15-16)10(14-12)7-4-8(11)6-13-5-7/h2-6,10,14H,12H2,1H3. The van der Waals surface area contributed by atoms with Gasteiger partial charge in [-0.25, -0.2) is 5.43 Å². The van der Waals surface area contributed by atoms with Crippen LogP contribution >= 0.6 is 15.9 Å². The first kappa shape index (κ1) is 11.3. The first-order valence-corrected chi connectivity index (χ1v) is 5.56. The quantitative estimate of drug-likeness (QED) is 0.654. The number of nitrogens with one attached hydrogen (secondary N) is 1. The van der Waals surface area contributed by atoms with Crippen molar-refractivity contribution in [3.63, 3.8) is 0 Å². The summed E-state index contributed by atoms with van der Waals surface area (Å²) < 4.78 is 2.66. The van der Waals surface area contributed by atoms with Gasteiger partial charge >= 0.3 is 0 Å². The number of aromatic nitrogens is 3. The van der Waals surface area contributed by atoms with Gasteiger partial charge in [0.05, 0.1) is 11.7 Å². The van der Waals surface area contributed by atoms with E-state index in [9.17, 15) is 0 Å². The van der Waals surface area contributed by atoms with Gasteiger partial charge in [0.15, 0.2) is 0 Å². The predicted molar refractivity (Wildman–Crippen MR) is 64.3 cm³/mol. The van der Waals surface area contributed by atoms with E-state index in [2.05, 4.69) is 31.4 Å². The van der Waals surface area contributed by atoms with Gasteiger partial charge in [-0.05, 0) is 33.6 Å². The molecule has 2 aromatic rings. The molecular weight excluding hydrogens is 270 g/mol. The second kappa shape index (κ2) is 4.73. The molecule has 0 saturated carbocycles. The van der Waals surface area contributed by atoms with E-state index in [-0.39, 0.29) is 6.04 Å². The second-order valence-corrected chi connectivity index (χ2v) is 4.37. The van der Waals surface area contributed by atoms with Crippen LogP contribution in [0, 0.1) is 0 Å². The molecule has 84 valence electrons. The number of hydrogen-bond acceptors (Lipinski definition) is 4. The first-order valence-electron chi connectivity index (χ1n) is 4.77. The lowest BCUT2D eigenvalue weighted by Crippen LogP contribution is -2.29. The van der Waals surface area contributed by atoms with Crippen molar-refractivity contribution in [2.75, 3.05) is 0 Å². The molecule has 3 N–H and O–H groups in total. The Bertz CT molecular complexity index is 482. The third-order valence-electron chi connectivity index (χ3n) is 2.26. The van der Waals surface area contributed by atoms with Crippen molar-refractivity contribution >= 4 is 15.9 Å². The van der Waals surface area contributed by atoms with E-state index in [1.165, 1.54) is 0 Å². The summed E-state index contributed by atoms with van der Waals surface area (Å²) in [6.07, 6.45) is 5.38. The van der Waals surface area contributed by atoms with Crippen LogP contribution in [0.3, 0.4) is 0 Å². The number of nitrogens with zero attached hydrogens (tertiary/aromatic N) is 3. The van der Waals surface area contributed by atoms with Gasteiger partial charge in [-0.1, -0.05) is 0 Å². The second-order valence-electron chi connectivity index (χ2n) is 3.45. The minimum atomic E-state index is -0.147. The van der Waals surface area contributed by atoms with Crippen LogP contribution in [0.4, 0.5) is 0 Å². The number of aryl methyl sites for hydroxylation is 1. The molecule has 0 aliphatic heterocycles. The number of pyridine rings is 1. The maximum atomic E-state index is 5.55. The molecular formula is C10H12BrN5. The van der Waals surface area contributed by atoms with E-state index in [0.717, 1.165) is 15.7 Å². The molecule has 0 saturated heterocycles. The molecule has 2 heterocycles. The predicted octanol–water partition coefficient (Wildman–Crippen LogP) is 1.13. The highest BCUT2D eigenvalue weighted by atomic mass is 79.9. The van der Waals surface area contributed by atoms with E-state index >= 15 is 0 Å². The Morgan fingerprint density at radius 1 is 1.50 bits per heavy atom. The summed E-state index contributed by atoms with van der Waals surface area (Å²) in [6.45, 7) is 0. The summed E-state index contributed by atoms with van der Waals surface area (Å²) in [5, 5.41) is 4.32. The maximum absolute atomic E-state index is 5.55. The van der Waals surface area contributed by atoms with Crippen molar-refractivity contribution in [1.82, 2.24) is 20.2 Å². The van der Waals surface area contributed by atoms with Crippen molar-refractivity contribution in [2.24, 2.45) is 12.9 Å². The van der Waals surface area contributed by atoms with Crippen LogP contribution in [0.25, 0.3) is 0 Å². The maximum Gasteiger partial charge on any atom is 0.0915 e. The molecule has 0 aliphatic carbocycles. The highest BCUT2D eigenvalue weighted by Gasteiger charge is 2.15. The molecule has 0 spiro atoms. The zero-order valence-corrected chi connectivity index (χ0v) is 10.3. The van der Waals surface area contributed by atoms with Gasteiger partial charge in [0.1, 0.15) is 0 Å². The van der Waals surface area contributed by atoms with Crippen molar-refractivity contribution in [1.29, 1.82) is 0 Å². The summed E-state index contributed by atoms with van der Waals surface area (Å²) in [5.74, 6) is 5.55. The number of hydrazine groups is 1. The Morgan fingerprint density at radius 2 is 2.31 bits per heavy atom. The Hall–Kier alpha value is -1.24. The van der Waals surface area contributed by atoms with Gasteiger partial charge in [0.2, 0.25) is 0 Å². The van der Waals surface area contributed by atoms with Gasteiger partial charge in [0, 0.05) is 30.1 Å². The molecule has 0 aliphatic rings. The number of halogens is 1. The van der Waals surface area contributed by atoms with Crippen LogP contribution < -0.4 is 11.3 Å². The number of rotatable bonds is 3. The van der Waals surface area contributed by atoms with Crippen LogP contribution in [0.1, 0.15) is 17.3 Å². The molecule has 2 aromatic heterocycles. The molecule has 0 bridgehead atoms. The molecule has 5 nitrogen and oxygen atoms in total. The van der Waals surface area contributed by atoms with E-state index in [1.54, 1.807) is 17.1 Å². The van der Waals surface area contributed by atoms with Gasteiger partial charge in [-0.3, -0.25) is 15.5 Å². The minimum absolute atomic E-state index is 0.147. The highest BCUT2D eigenvalue weighted by Crippen LogP contribution is 2.21. The van der Waals surface area contributed by atoms with Gasteiger partial charge in [0.25, 0.3) is 0 Å². The summed E-state index contributed by atoms with van der Waals surface area (Å²) in [4.78, 5) is 4.11. The zero-order valence-electron chi connectivity index (χ0n) is 8.76. The average Bonchev–Trinajstić information content (AvgIpc) is 2.66. The van der Waals surface area contributed by atoms with Gasteiger partial charge in [-0.2, -0.15) is 5.10 Å². The van der Waals surface area contributed by atoms with Crippen molar-refractivity contribution in [3.05, 3.63) is 46.5 Å². The monoisotopic (exact) mass is 281 g/mol. The lowest BCUT2D eigenvalue weighted by molar-refractivity contribution is 0.601.